The highest BCUT2D eigenvalue weighted by Gasteiger charge is 2.32. The molecule has 0 bridgehead atoms. The lowest BCUT2D eigenvalue weighted by molar-refractivity contribution is 0.306. The Morgan fingerprint density at radius 3 is 2.94 bits per heavy atom. The van der Waals surface area contributed by atoms with E-state index in [2.05, 4.69) is 32.4 Å². The summed E-state index contributed by atoms with van der Waals surface area (Å²) in [5.74, 6) is 1.04. The molecule has 3 rings (SSSR count). The minimum Gasteiger partial charge on any atom is -0.368 e. The van der Waals surface area contributed by atoms with E-state index in [4.69, 9.17) is 5.73 Å². The van der Waals surface area contributed by atoms with E-state index in [1.54, 1.807) is 6.20 Å². The summed E-state index contributed by atoms with van der Waals surface area (Å²) >= 11 is 0. The van der Waals surface area contributed by atoms with Crippen molar-refractivity contribution in [2.45, 2.75) is 31.7 Å². The molecule has 6 heteroatoms. The van der Waals surface area contributed by atoms with Crippen molar-refractivity contribution in [2.75, 3.05) is 11.1 Å². The van der Waals surface area contributed by atoms with Crippen LogP contribution in [0.3, 0.4) is 0 Å². The van der Waals surface area contributed by atoms with Gasteiger partial charge in [-0.1, -0.05) is 0 Å². The number of nitrogens with two attached hydrogens (primary N) is 1. The van der Waals surface area contributed by atoms with Crippen molar-refractivity contribution in [3.8, 4) is 0 Å². The SMILES string of the molecule is CC1(Nc2nc(N)nc3[nH]ncc23)CCC1. The average molecular weight is 218 g/mol. The van der Waals surface area contributed by atoms with Gasteiger partial charge in [-0.15, -0.1) is 0 Å². The van der Waals surface area contributed by atoms with Crippen molar-refractivity contribution in [3.05, 3.63) is 6.20 Å². The Bertz CT molecular complexity index is 527. The molecule has 4 N–H and O–H groups in total. The lowest BCUT2D eigenvalue weighted by Crippen LogP contribution is -2.42. The summed E-state index contributed by atoms with van der Waals surface area (Å²) in [6.45, 7) is 2.20. The first kappa shape index (κ1) is 9.38. The summed E-state index contributed by atoms with van der Waals surface area (Å²) in [5, 5.41) is 11.1. The Morgan fingerprint density at radius 2 is 2.25 bits per heavy atom. The van der Waals surface area contributed by atoms with Gasteiger partial charge in [-0.05, 0) is 26.2 Å². The van der Waals surface area contributed by atoms with Crippen molar-refractivity contribution in [1.29, 1.82) is 0 Å². The molecule has 0 radical (unpaired) electrons. The van der Waals surface area contributed by atoms with Crippen LogP contribution < -0.4 is 11.1 Å². The summed E-state index contributed by atoms with van der Waals surface area (Å²) in [6.07, 6.45) is 5.31. The van der Waals surface area contributed by atoms with Crippen LogP contribution >= 0.6 is 0 Å². The molecular weight excluding hydrogens is 204 g/mol. The van der Waals surface area contributed by atoms with Crippen molar-refractivity contribution >= 4 is 22.8 Å². The van der Waals surface area contributed by atoms with Crippen LogP contribution in [-0.4, -0.2) is 25.7 Å². The number of nitrogens with one attached hydrogen (secondary N) is 2. The van der Waals surface area contributed by atoms with Crippen molar-refractivity contribution in [1.82, 2.24) is 20.2 Å². The highest BCUT2D eigenvalue weighted by molar-refractivity contribution is 5.87. The topological polar surface area (TPSA) is 92.5 Å². The van der Waals surface area contributed by atoms with E-state index >= 15 is 0 Å². The third-order valence-electron chi connectivity index (χ3n) is 3.20. The zero-order chi connectivity index (χ0) is 11.2. The summed E-state index contributed by atoms with van der Waals surface area (Å²) in [6, 6.07) is 0. The fourth-order valence-electron chi connectivity index (χ4n) is 2.07. The van der Waals surface area contributed by atoms with Gasteiger partial charge in [-0.3, -0.25) is 5.10 Å². The van der Waals surface area contributed by atoms with Gasteiger partial charge in [0.05, 0.1) is 11.6 Å². The molecular formula is C10H14N6. The normalized spacial score (nSPS) is 18.3. The van der Waals surface area contributed by atoms with Crippen LogP contribution in [-0.2, 0) is 0 Å². The van der Waals surface area contributed by atoms with Crippen molar-refractivity contribution in [2.24, 2.45) is 0 Å². The molecule has 0 saturated heterocycles. The third-order valence-corrected chi connectivity index (χ3v) is 3.20. The molecule has 0 amide bonds. The summed E-state index contributed by atoms with van der Waals surface area (Å²) < 4.78 is 0. The first-order chi connectivity index (χ1) is 7.66. The largest absolute Gasteiger partial charge is 0.368 e. The summed E-state index contributed by atoms with van der Waals surface area (Å²) in [7, 11) is 0. The zero-order valence-electron chi connectivity index (χ0n) is 9.12. The fraction of sp³-hybridized carbons (Fsp3) is 0.500. The Kier molecular flexibility index (Phi) is 1.80. The smallest absolute Gasteiger partial charge is 0.224 e. The molecule has 0 spiro atoms. The van der Waals surface area contributed by atoms with Gasteiger partial charge in [0.25, 0.3) is 0 Å². The number of aromatic amines is 1. The first-order valence-corrected chi connectivity index (χ1v) is 5.41. The molecule has 1 aliphatic carbocycles. The van der Waals surface area contributed by atoms with E-state index in [9.17, 15) is 0 Å². The van der Waals surface area contributed by atoms with Gasteiger partial charge >= 0.3 is 0 Å². The summed E-state index contributed by atoms with van der Waals surface area (Å²) in [5.41, 5.74) is 6.47. The van der Waals surface area contributed by atoms with Crippen LogP contribution in [0.1, 0.15) is 26.2 Å². The predicted molar refractivity (Wildman–Crippen MR) is 62.0 cm³/mol. The lowest BCUT2D eigenvalue weighted by Gasteiger charge is -2.39. The Balaban J connectivity index is 2.04. The molecule has 0 unspecified atom stereocenters. The van der Waals surface area contributed by atoms with Crippen molar-refractivity contribution < 1.29 is 0 Å². The molecule has 2 aromatic heterocycles. The number of hydrogen-bond acceptors (Lipinski definition) is 5. The molecule has 1 fully saturated rings. The summed E-state index contributed by atoms with van der Waals surface area (Å²) in [4.78, 5) is 8.31. The Morgan fingerprint density at radius 1 is 1.44 bits per heavy atom. The molecule has 0 atom stereocenters. The predicted octanol–water partition coefficient (Wildman–Crippen LogP) is 1.29. The van der Waals surface area contributed by atoms with E-state index < -0.39 is 0 Å². The van der Waals surface area contributed by atoms with Gasteiger partial charge in [0.1, 0.15) is 5.82 Å². The van der Waals surface area contributed by atoms with Crippen LogP contribution in [0.2, 0.25) is 0 Å². The fourth-order valence-corrected chi connectivity index (χ4v) is 2.07. The van der Waals surface area contributed by atoms with E-state index in [1.807, 2.05) is 0 Å². The highest BCUT2D eigenvalue weighted by Crippen LogP contribution is 2.35. The number of nitrogens with zero attached hydrogens (tertiary/aromatic N) is 3. The van der Waals surface area contributed by atoms with Crippen LogP contribution in [0.15, 0.2) is 6.20 Å². The van der Waals surface area contributed by atoms with E-state index in [0.717, 1.165) is 24.0 Å². The number of nitrogen functional groups attached to an aromatic ring is 1. The lowest BCUT2D eigenvalue weighted by atomic mass is 9.78. The van der Waals surface area contributed by atoms with Gasteiger partial charge in [-0.25, -0.2) is 0 Å². The molecule has 2 aromatic rings. The van der Waals surface area contributed by atoms with Crippen LogP contribution in [0.25, 0.3) is 11.0 Å². The minimum absolute atomic E-state index is 0.144. The van der Waals surface area contributed by atoms with Gasteiger partial charge < -0.3 is 11.1 Å². The highest BCUT2D eigenvalue weighted by atomic mass is 15.2. The van der Waals surface area contributed by atoms with Crippen LogP contribution in [0.4, 0.5) is 11.8 Å². The Labute approximate surface area is 92.7 Å². The number of aromatic nitrogens is 4. The van der Waals surface area contributed by atoms with E-state index in [1.165, 1.54) is 6.42 Å². The zero-order valence-corrected chi connectivity index (χ0v) is 9.12. The molecule has 6 nitrogen and oxygen atoms in total. The van der Waals surface area contributed by atoms with E-state index in [0.29, 0.717) is 5.65 Å². The molecule has 0 aromatic carbocycles. The van der Waals surface area contributed by atoms with Gasteiger partial charge in [-0.2, -0.15) is 15.1 Å². The maximum absolute atomic E-state index is 5.65. The number of fused-ring (bicyclic) bond motifs is 1. The standard InChI is InChI=1S/C10H14N6/c1-10(3-2-4-10)15-7-6-5-12-16-8(6)14-9(11)13-7/h5H,2-4H2,1H3,(H4,11,12,13,14,15,16). The van der Waals surface area contributed by atoms with Crippen molar-refractivity contribution in [3.63, 3.8) is 0 Å². The second-order valence-corrected chi connectivity index (χ2v) is 4.60. The van der Waals surface area contributed by atoms with Gasteiger partial charge in [0.2, 0.25) is 5.95 Å². The molecule has 0 aliphatic heterocycles. The third kappa shape index (κ3) is 1.37. The molecule has 1 saturated carbocycles. The molecule has 84 valence electrons. The second-order valence-electron chi connectivity index (χ2n) is 4.60. The van der Waals surface area contributed by atoms with Crippen LogP contribution in [0.5, 0.6) is 0 Å². The second kappa shape index (κ2) is 3.07. The number of anilines is 2. The van der Waals surface area contributed by atoms with Crippen LogP contribution in [0, 0.1) is 0 Å². The van der Waals surface area contributed by atoms with Gasteiger partial charge in [0.15, 0.2) is 5.65 Å². The molecule has 16 heavy (non-hydrogen) atoms. The monoisotopic (exact) mass is 218 g/mol. The quantitative estimate of drug-likeness (QED) is 0.706. The number of H-pyrrole nitrogens is 1. The average Bonchev–Trinajstić information content (AvgIpc) is 2.63. The maximum atomic E-state index is 5.65. The number of rotatable bonds is 2. The van der Waals surface area contributed by atoms with E-state index in [-0.39, 0.29) is 11.5 Å². The van der Waals surface area contributed by atoms with Gasteiger partial charge in [0, 0.05) is 5.54 Å². The molecule has 1 aliphatic rings. The first-order valence-electron chi connectivity index (χ1n) is 5.41. The Hall–Kier alpha value is -1.85. The molecule has 2 heterocycles. The minimum atomic E-state index is 0.144. The number of hydrogen-bond donors (Lipinski definition) is 3. The maximum Gasteiger partial charge on any atom is 0.224 e.